The Morgan fingerprint density at radius 1 is 1.71 bits per heavy atom. The molecule has 1 heterocycles. The Kier molecular flexibility index (Phi) is 4.78. The van der Waals surface area contributed by atoms with Crippen LogP contribution in [0.15, 0.2) is 30.2 Å². The monoisotopic (exact) mass is 211 g/mol. The lowest BCUT2D eigenvalue weighted by Gasteiger charge is -2.03. The number of carbonyl (C=O) groups excluding carboxylic acids is 1. The Bertz CT molecular complexity index is 282. The molecule has 0 radical (unpaired) electrons. The summed E-state index contributed by atoms with van der Waals surface area (Å²) < 4.78 is 4.93. The van der Waals surface area contributed by atoms with Gasteiger partial charge in [-0.25, -0.2) is 4.79 Å². The van der Waals surface area contributed by atoms with E-state index in [-0.39, 0.29) is 6.09 Å². The third-order valence-electron chi connectivity index (χ3n) is 1.55. The molecule has 0 fully saturated rings. The van der Waals surface area contributed by atoms with Gasteiger partial charge in [-0.15, -0.1) is 17.9 Å². The predicted molar refractivity (Wildman–Crippen MR) is 57.6 cm³/mol. The van der Waals surface area contributed by atoms with Gasteiger partial charge in [-0.05, 0) is 11.4 Å². The third kappa shape index (κ3) is 4.09. The topological polar surface area (TPSA) is 38.3 Å². The van der Waals surface area contributed by atoms with Gasteiger partial charge in [-0.1, -0.05) is 12.1 Å². The molecule has 1 aromatic rings. The van der Waals surface area contributed by atoms with E-state index in [4.69, 9.17) is 4.74 Å². The van der Waals surface area contributed by atoms with E-state index in [0.29, 0.717) is 13.2 Å². The van der Waals surface area contributed by atoms with Crippen LogP contribution in [0.1, 0.15) is 4.88 Å². The summed E-state index contributed by atoms with van der Waals surface area (Å²) in [7, 11) is 0. The zero-order valence-corrected chi connectivity index (χ0v) is 8.68. The summed E-state index contributed by atoms with van der Waals surface area (Å²) in [6.07, 6.45) is 2.00. The second-order valence-electron chi connectivity index (χ2n) is 2.63. The maximum Gasteiger partial charge on any atom is 0.407 e. The molecule has 0 aliphatic rings. The van der Waals surface area contributed by atoms with Gasteiger partial charge in [-0.3, -0.25) is 0 Å². The van der Waals surface area contributed by atoms with Crippen LogP contribution in [-0.2, 0) is 11.2 Å². The lowest BCUT2D eigenvalue weighted by Crippen LogP contribution is -2.24. The molecule has 0 aromatic carbocycles. The molecule has 0 aliphatic carbocycles. The molecule has 76 valence electrons. The van der Waals surface area contributed by atoms with E-state index >= 15 is 0 Å². The SMILES string of the molecule is C=CCNC(=O)OCCc1cccs1. The fourth-order valence-electron chi connectivity index (χ4n) is 0.906. The van der Waals surface area contributed by atoms with Gasteiger partial charge in [0.15, 0.2) is 0 Å². The van der Waals surface area contributed by atoms with Crippen LogP contribution in [0.4, 0.5) is 4.79 Å². The van der Waals surface area contributed by atoms with Crippen LogP contribution >= 0.6 is 11.3 Å². The van der Waals surface area contributed by atoms with Crippen LogP contribution in [0.25, 0.3) is 0 Å². The number of alkyl carbamates (subject to hydrolysis) is 1. The molecule has 0 spiro atoms. The van der Waals surface area contributed by atoms with Gasteiger partial charge in [0.25, 0.3) is 0 Å². The molecule has 0 saturated heterocycles. The van der Waals surface area contributed by atoms with Crippen molar-refractivity contribution in [2.45, 2.75) is 6.42 Å². The molecule has 0 aliphatic heterocycles. The molecule has 14 heavy (non-hydrogen) atoms. The Hall–Kier alpha value is -1.29. The minimum Gasteiger partial charge on any atom is -0.449 e. The van der Waals surface area contributed by atoms with E-state index in [0.717, 1.165) is 6.42 Å². The van der Waals surface area contributed by atoms with E-state index in [9.17, 15) is 4.79 Å². The fraction of sp³-hybridized carbons (Fsp3) is 0.300. The van der Waals surface area contributed by atoms with Crippen LogP contribution in [0.3, 0.4) is 0 Å². The van der Waals surface area contributed by atoms with Gasteiger partial charge in [-0.2, -0.15) is 0 Å². The highest BCUT2D eigenvalue weighted by Crippen LogP contribution is 2.08. The molecule has 0 atom stereocenters. The van der Waals surface area contributed by atoms with Gasteiger partial charge in [0, 0.05) is 17.8 Å². The van der Waals surface area contributed by atoms with Crippen molar-refractivity contribution < 1.29 is 9.53 Å². The molecular formula is C10H13NO2S. The lowest BCUT2D eigenvalue weighted by atomic mass is 10.4. The number of thiophene rings is 1. The number of nitrogens with one attached hydrogen (secondary N) is 1. The third-order valence-corrected chi connectivity index (χ3v) is 2.49. The van der Waals surface area contributed by atoms with Crippen molar-refractivity contribution in [3.05, 3.63) is 35.0 Å². The summed E-state index contributed by atoms with van der Waals surface area (Å²) in [6.45, 7) is 4.35. The first kappa shape index (κ1) is 10.8. The van der Waals surface area contributed by atoms with Crippen LogP contribution in [0.5, 0.6) is 0 Å². The first-order chi connectivity index (χ1) is 6.83. The molecule has 0 unspecified atom stereocenters. The Labute approximate surface area is 87.4 Å². The number of hydrogen-bond acceptors (Lipinski definition) is 3. The molecule has 3 nitrogen and oxygen atoms in total. The molecule has 0 saturated carbocycles. The van der Waals surface area contributed by atoms with Crippen molar-refractivity contribution in [1.29, 1.82) is 0 Å². The highest BCUT2D eigenvalue weighted by molar-refractivity contribution is 7.09. The molecule has 1 N–H and O–H groups in total. The number of rotatable bonds is 5. The largest absolute Gasteiger partial charge is 0.449 e. The van der Waals surface area contributed by atoms with Crippen molar-refractivity contribution >= 4 is 17.4 Å². The van der Waals surface area contributed by atoms with E-state index in [1.165, 1.54) is 4.88 Å². The summed E-state index contributed by atoms with van der Waals surface area (Å²) in [5.41, 5.74) is 0. The van der Waals surface area contributed by atoms with E-state index in [1.54, 1.807) is 17.4 Å². The van der Waals surface area contributed by atoms with Gasteiger partial charge in [0.1, 0.15) is 0 Å². The Morgan fingerprint density at radius 2 is 2.57 bits per heavy atom. The Morgan fingerprint density at radius 3 is 3.21 bits per heavy atom. The van der Waals surface area contributed by atoms with E-state index in [2.05, 4.69) is 11.9 Å². The maximum absolute atomic E-state index is 11.0. The van der Waals surface area contributed by atoms with Crippen molar-refractivity contribution in [1.82, 2.24) is 5.32 Å². The number of ether oxygens (including phenoxy) is 1. The summed E-state index contributed by atoms with van der Waals surface area (Å²) in [5, 5.41) is 4.54. The second-order valence-corrected chi connectivity index (χ2v) is 3.67. The van der Waals surface area contributed by atoms with E-state index in [1.807, 2.05) is 17.5 Å². The van der Waals surface area contributed by atoms with Crippen LogP contribution in [0.2, 0.25) is 0 Å². The van der Waals surface area contributed by atoms with Crippen molar-refractivity contribution in [3.8, 4) is 0 Å². The van der Waals surface area contributed by atoms with Gasteiger partial charge in [0.05, 0.1) is 6.61 Å². The highest BCUT2D eigenvalue weighted by Gasteiger charge is 1.99. The number of carbonyl (C=O) groups is 1. The van der Waals surface area contributed by atoms with Gasteiger partial charge < -0.3 is 10.1 Å². The quantitative estimate of drug-likeness (QED) is 0.758. The molecule has 1 aromatic heterocycles. The lowest BCUT2D eigenvalue weighted by molar-refractivity contribution is 0.149. The van der Waals surface area contributed by atoms with Crippen LogP contribution in [-0.4, -0.2) is 19.2 Å². The minimum absolute atomic E-state index is 0.388. The van der Waals surface area contributed by atoms with E-state index < -0.39 is 0 Å². The molecule has 4 heteroatoms. The van der Waals surface area contributed by atoms with Gasteiger partial charge in [0.2, 0.25) is 0 Å². The zero-order valence-electron chi connectivity index (χ0n) is 7.86. The number of amides is 1. The molecule has 0 bridgehead atoms. The fourth-order valence-corrected chi connectivity index (χ4v) is 1.60. The van der Waals surface area contributed by atoms with Crippen LogP contribution in [0, 0.1) is 0 Å². The standard InChI is InChI=1S/C10H13NO2S/c1-2-6-11-10(12)13-7-5-9-4-3-8-14-9/h2-4,8H,1,5-7H2,(H,11,12). The normalized spacial score (nSPS) is 9.43. The van der Waals surface area contributed by atoms with Crippen molar-refractivity contribution in [2.75, 3.05) is 13.2 Å². The molecule has 1 rings (SSSR count). The van der Waals surface area contributed by atoms with Gasteiger partial charge >= 0.3 is 6.09 Å². The van der Waals surface area contributed by atoms with Crippen LogP contribution < -0.4 is 5.32 Å². The predicted octanol–water partition coefficient (Wildman–Crippen LogP) is 2.20. The Balaban J connectivity index is 2.09. The van der Waals surface area contributed by atoms with Crippen molar-refractivity contribution in [2.24, 2.45) is 0 Å². The highest BCUT2D eigenvalue weighted by atomic mass is 32.1. The minimum atomic E-state index is -0.388. The average Bonchev–Trinajstić information content (AvgIpc) is 2.67. The summed E-state index contributed by atoms with van der Waals surface area (Å²) >= 11 is 1.66. The zero-order chi connectivity index (χ0) is 10.2. The smallest absolute Gasteiger partial charge is 0.407 e. The maximum atomic E-state index is 11.0. The summed E-state index contributed by atoms with van der Waals surface area (Å²) in [4.78, 5) is 12.2. The summed E-state index contributed by atoms with van der Waals surface area (Å²) in [5.74, 6) is 0. The second kappa shape index (κ2) is 6.21. The first-order valence-corrected chi connectivity index (χ1v) is 5.25. The first-order valence-electron chi connectivity index (χ1n) is 4.37. The average molecular weight is 211 g/mol. The molecular weight excluding hydrogens is 198 g/mol. The summed E-state index contributed by atoms with van der Waals surface area (Å²) in [6, 6.07) is 4.01. The van der Waals surface area contributed by atoms with Crippen molar-refractivity contribution in [3.63, 3.8) is 0 Å². The molecule has 1 amide bonds. The number of hydrogen-bond donors (Lipinski definition) is 1.